The van der Waals surface area contributed by atoms with E-state index in [1.807, 2.05) is 6.07 Å². The van der Waals surface area contributed by atoms with E-state index in [-0.39, 0.29) is 5.97 Å². The van der Waals surface area contributed by atoms with Gasteiger partial charge in [-0.25, -0.2) is 4.98 Å². The van der Waals surface area contributed by atoms with Crippen LogP contribution in [0.5, 0.6) is 0 Å². The highest BCUT2D eigenvalue weighted by atomic mass is 16.5. The van der Waals surface area contributed by atoms with E-state index in [0.29, 0.717) is 31.8 Å². The van der Waals surface area contributed by atoms with Crippen molar-refractivity contribution in [2.24, 2.45) is 0 Å². The Morgan fingerprint density at radius 3 is 2.89 bits per heavy atom. The van der Waals surface area contributed by atoms with Gasteiger partial charge in [-0.05, 0) is 31.9 Å². The lowest BCUT2D eigenvalue weighted by Gasteiger charge is -2.15. The summed E-state index contributed by atoms with van der Waals surface area (Å²) in [4.78, 5) is 27.7. The number of pyridine rings is 1. The second kappa shape index (κ2) is 8.22. The molecule has 5 nitrogen and oxygen atoms in total. The van der Waals surface area contributed by atoms with E-state index in [1.54, 1.807) is 25.3 Å². The van der Waals surface area contributed by atoms with Crippen molar-refractivity contribution in [2.45, 2.75) is 26.2 Å². The van der Waals surface area contributed by atoms with E-state index in [2.05, 4.69) is 4.98 Å². The van der Waals surface area contributed by atoms with E-state index in [4.69, 9.17) is 4.74 Å². The molecule has 1 amide bonds. The fourth-order valence-corrected chi connectivity index (χ4v) is 1.53. The van der Waals surface area contributed by atoms with Crippen LogP contribution in [0.3, 0.4) is 0 Å². The molecule has 98 valence electrons. The van der Waals surface area contributed by atoms with Crippen LogP contribution in [0, 0.1) is 0 Å². The molecule has 0 unspecified atom stereocenters. The molecular weight excluding hydrogens is 232 g/mol. The van der Waals surface area contributed by atoms with Gasteiger partial charge in [-0.1, -0.05) is 6.07 Å². The van der Waals surface area contributed by atoms with E-state index >= 15 is 0 Å². The maximum atomic E-state index is 11.1. The first-order valence-corrected chi connectivity index (χ1v) is 6.06. The summed E-state index contributed by atoms with van der Waals surface area (Å²) in [5.74, 6) is 0.441. The highest BCUT2D eigenvalue weighted by Crippen LogP contribution is 2.08. The summed E-state index contributed by atoms with van der Waals surface area (Å²) in [5, 5.41) is 0. The van der Waals surface area contributed by atoms with Gasteiger partial charge in [-0.3, -0.25) is 14.5 Å². The Labute approximate surface area is 107 Å². The quantitative estimate of drug-likeness (QED) is 0.401. The number of carbonyl (C=O) groups excluding carboxylic acids is 2. The summed E-state index contributed by atoms with van der Waals surface area (Å²) in [7, 11) is 0. The highest BCUT2D eigenvalue weighted by Gasteiger charge is 2.06. The molecule has 18 heavy (non-hydrogen) atoms. The SMILES string of the molecule is CCOC(=O)CCCCN(C=O)c1ccccn1. The number of ether oxygens (including phenoxy) is 1. The van der Waals surface area contributed by atoms with Crippen LogP contribution in [0.15, 0.2) is 24.4 Å². The zero-order valence-electron chi connectivity index (χ0n) is 10.5. The molecule has 1 aromatic heterocycles. The predicted molar refractivity (Wildman–Crippen MR) is 68.1 cm³/mol. The Balaban J connectivity index is 2.29. The zero-order chi connectivity index (χ0) is 13.2. The Hall–Kier alpha value is -1.91. The molecular formula is C13H18N2O3. The standard InChI is InChI=1S/C13H18N2O3/c1-2-18-13(17)8-4-6-10-15(11-16)12-7-3-5-9-14-12/h3,5,7,9,11H,2,4,6,8,10H2,1H3. The number of nitrogens with zero attached hydrogens (tertiary/aromatic N) is 2. The summed E-state index contributed by atoms with van der Waals surface area (Å²) in [5.41, 5.74) is 0. The number of hydrogen-bond acceptors (Lipinski definition) is 4. The number of anilines is 1. The minimum atomic E-state index is -0.187. The van der Waals surface area contributed by atoms with E-state index in [9.17, 15) is 9.59 Å². The average molecular weight is 250 g/mol. The Morgan fingerprint density at radius 2 is 2.28 bits per heavy atom. The van der Waals surface area contributed by atoms with Crippen molar-refractivity contribution in [3.05, 3.63) is 24.4 Å². The third kappa shape index (κ3) is 4.95. The van der Waals surface area contributed by atoms with Crippen molar-refractivity contribution < 1.29 is 14.3 Å². The predicted octanol–water partition coefficient (Wildman–Crippen LogP) is 1.78. The summed E-state index contributed by atoms with van der Waals surface area (Å²) in [6, 6.07) is 5.41. The Kier molecular flexibility index (Phi) is 6.46. The molecule has 1 rings (SSSR count). The first-order valence-electron chi connectivity index (χ1n) is 6.06. The summed E-state index contributed by atoms with van der Waals surface area (Å²) >= 11 is 0. The molecule has 0 fully saturated rings. The van der Waals surface area contributed by atoms with Crippen molar-refractivity contribution in [2.75, 3.05) is 18.1 Å². The van der Waals surface area contributed by atoms with Gasteiger partial charge in [0.1, 0.15) is 5.82 Å². The lowest BCUT2D eigenvalue weighted by atomic mass is 10.2. The third-order valence-corrected chi connectivity index (χ3v) is 2.41. The Bertz CT molecular complexity index is 368. The molecule has 0 N–H and O–H groups in total. The normalized spacial score (nSPS) is 9.83. The summed E-state index contributed by atoms with van der Waals surface area (Å²) in [6.45, 7) is 2.75. The first-order chi connectivity index (χ1) is 8.77. The molecule has 1 heterocycles. The maximum absolute atomic E-state index is 11.1. The maximum Gasteiger partial charge on any atom is 0.305 e. The number of unbranched alkanes of at least 4 members (excludes halogenated alkanes) is 1. The fourth-order valence-electron chi connectivity index (χ4n) is 1.53. The molecule has 0 spiro atoms. The topological polar surface area (TPSA) is 59.5 Å². The molecule has 0 radical (unpaired) electrons. The molecule has 1 aromatic rings. The number of esters is 1. The molecule has 0 saturated heterocycles. The van der Waals surface area contributed by atoms with Gasteiger partial charge in [0.15, 0.2) is 0 Å². The highest BCUT2D eigenvalue weighted by molar-refractivity contribution is 5.72. The van der Waals surface area contributed by atoms with Crippen molar-refractivity contribution in [1.29, 1.82) is 0 Å². The van der Waals surface area contributed by atoms with Crippen LogP contribution in [0.25, 0.3) is 0 Å². The molecule has 0 atom stereocenters. The van der Waals surface area contributed by atoms with Crippen LogP contribution in [0.1, 0.15) is 26.2 Å². The van der Waals surface area contributed by atoms with Crippen LogP contribution in [0.2, 0.25) is 0 Å². The minimum absolute atomic E-state index is 0.187. The molecule has 0 aromatic carbocycles. The lowest BCUT2D eigenvalue weighted by Crippen LogP contribution is -2.23. The van der Waals surface area contributed by atoms with Crippen molar-refractivity contribution in [1.82, 2.24) is 4.98 Å². The zero-order valence-corrected chi connectivity index (χ0v) is 10.5. The molecule has 5 heteroatoms. The lowest BCUT2D eigenvalue weighted by molar-refractivity contribution is -0.143. The molecule has 0 bridgehead atoms. The second-order valence-electron chi connectivity index (χ2n) is 3.75. The monoisotopic (exact) mass is 250 g/mol. The van der Waals surface area contributed by atoms with Gasteiger partial charge in [0, 0.05) is 19.2 Å². The van der Waals surface area contributed by atoms with Crippen LogP contribution in [0.4, 0.5) is 5.82 Å². The second-order valence-corrected chi connectivity index (χ2v) is 3.75. The van der Waals surface area contributed by atoms with E-state index < -0.39 is 0 Å². The van der Waals surface area contributed by atoms with Gasteiger partial charge >= 0.3 is 5.97 Å². The van der Waals surface area contributed by atoms with Crippen LogP contribution >= 0.6 is 0 Å². The molecule has 0 saturated carbocycles. The van der Waals surface area contributed by atoms with Crippen LogP contribution in [-0.2, 0) is 14.3 Å². The average Bonchev–Trinajstić information content (AvgIpc) is 2.40. The number of amides is 1. The number of carbonyl (C=O) groups is 2. The van der Waals surface area contributed by atoms with E-state index in [1.165, 1.54) is 4.90 Å². The van der Waals surface area contributed by atoms with Crippen molar-refractivity contribution in [3.8, 4) is 0 Å². The van der Waals surface area contributed by atoms with Gasteiger partial charge in [0.05, 0.1) is 6.61 Å². The largest absolute Gasteiger partial charge is 0.466 e. The Morgan fingerprint density at radius 1 is 1.44 bits per heavy atom. The van der Waals surface area contributed by atoms with Gasteiger partial charge in [0.25, 0.3) is 0 Å². The van der Waals surface area contributed by atoms with Gasteiger partial charge in [0.2, 0.25) is 6.41 Å². The smallest absolute Gasteiger partial charge is 0.305 e. The van der Waals surface area contributed by atoms with Crippen molar-refractivity contribution >= 4 is 18.2 Å². The van der Waals surface area contributed by atoms with Crippen LogP contribution in [-0.4, -0.2) is 30.5 Å². The third-order valence-electron chi connectivity index (χ3n) is 2.41. The van der Waals surface area contributed by atoms with Gasteiger partial charge in [-0.2, -0.15) is 0 Å². The number of aromatic nitrogens is 1. The summed E-state index contributed by atoms with van der Waals surface area (Å²) < 4.78 is 4.83. The molecule has 0 aliphatic carbocycles. The van der Waals surface area contributed by atoms with Gasteiger partial charge < -0.3 is 4.74 Å². The molecule has 0 aliphatic rings. The van der Waals surface area contributed by atoms with Crippen molar-refractivity contribution in [3.63, 3.8) is 0 Å². The molecule has 0 aliphatic heterocycles. The first kappa shape index (κ1) is 14.2. The fraction of sp³-hybridized carbons (Fsp3) is 0.462. The van der Waals surface area contributed by atoms with Crippen LogP contribution < -0.4 is 4.90 Å². The minimum Gasteiger partial charge on any atom is -0.466 e. The summed E-state index contributed by atoms with van der Waals surface area (Å²) in [6.07, 6.45) is 4.24. The van der Waals surface area contributed by atoms with E-state index in [0.717, 1.165) is 12.8 Å². The van der Waals surface area contributed by atoms with Gasteiger partial charge in [-0.15, -0.1) is 0 Å². The number of rotatable bonds is 8. The number of hydrogen-bond donors (Lipinski definition) is 0.